The lowest BCUT2D eigenvalue weighted by Crippen LogP contribution is -2.35. The predicted octanol–water partition coefficient (Wildman–Crippen LogP) is 3.35. The van der Waals surface area contributed by atoms with Crippen LogP contribution in [0.25, 0.3) is 17.1 Å². The molecule has 6 nitrogen and oxygen atoms in total. The topological polar surface area (TPSA) is 70.8 Å². The minimum Gasteiger partial charge on any atom is -0.508 e. The number of aromatic nitrogens is 2. The summed E-state index contributed by atoms with van der Waals surface area (Å²) in [5.74, 6) is 0.772. The largest absolute Gasteiger partial charge is 0.508 e. The van der Waals surface area contributed by atoms with Gasteiger partial charge in [0.05, 0.1) is 18.8 Å². The van der Waals surface area contributed by atoms with E-state index in [1.54, 1.807) is 12.3 Å². The molecule has 1 fully saturated rings. The van der Waals surface area contributed by atoms with Crippen molar-refractivity contribution in [3.8, 4) is 28.6 Å². The monoisotopic (exact) mass is 379 g/mol. The van der Waals surface area contributed by atoms with E-state index in [9.17, 15) is 10.2 Å². The number of aromatic hydroxyl groups is 2. The highest BCUT2D eigenvalue weighted by Crippen LogP contribution is 2.35. The van der Waals surface area contributed by atoms with Gasteiger partial charge in [-0.05, 0) is 35.7 Å². The Morgan fingerprint density at radius 3 is 2.50 bits per heavy atom. The Labute approximate surface area is 164 Å². The number of ether oxygens (including phenoxy) is 1. The summed E-state index contributed by atoms with van der Waals surface area (Å²) < 4.78 is 7.35. The summed E-state index contributed by atoms with van der Waals surface area (Å²) in [5.41, 5.74) is 3.62. The third-order valence-corrected chi connectivity index (χ3v) is 5.18. The Morgan fingerprint density at radius 2 is 1.79 bits per heavy atom. The van der Waals surface area contributed by atoms with Gasteiger partial charge in [0.2, 0.25) is 0 Å². The zero-order chi connectivity index (χ0) is 19.5. The first-order chi connectivity index (χ1) is 13.7. The van der Waals surface area contributed by atoms with Crippen molar-refractivity contribution in [1.82, 2.24) is 14.5 Å². The molecule has 0 saturated carbocycles. The third-order valence-electron chi connectivity index (χ3n) is 5.18. The van der Waals surface area contributed by atoms with Gasteiger partial charge in [-0.3, -0.25) is 9.47 Å². The number of aryl methyl sites for hydroxylation is 1. The molecule has 1 saturated heterocycles. The molecule has 0 amide bonds. The van der Waals surface area contributed by atoms with Crippen LogP contribution in [0.4, 0.5) is 0 Å². The van der Waals surface area contributed by atoms with Crippen molar-refractivity contribution in [1.29, 1.82) is 0 Å². The minimum atomic E-state index is 0.0195. The maximum atomic E-state index is 10.4. The third kappa shape index (κ3) is 3.74. The average molecular weight is 379 g/mol. The summed E-state index contributed by atoms with van der Waals surface area (Å²) in [6.07, 6.45) is 4.27. The summed E-state index contributed by atoms with van der Waals surface area (Å²) in [7, 11) is 0. The van der Waals surface area contributed by atoms with E-state index in [-0.39, 0.29) is 11.5 Å². The van der Waals surface area contributed by atoms with Gasteiger partial charge in [0.25, 0.3) is 0 Å². The normalized spacial score (nSPS) is 15.0. The van der Waals surface area contributed by atoms with Crippen molar-refractivity contribution in [3.63, 3.8) is 0 Å². The summed E-state index contributed by atoms with van der Waals surface area (Å²) in [6, 6.07) is 11.6. The van der Waals surface area contributed by atoms with E-state index < -0.39 is 0 Å². The summed E-state index contributed by atoms with van der Waals surface area (Å²) in [4.78, 5) is 6.83. The molecular formula is C22H25N3O3. The quantitative estimate of drug-likeness (QED) is 0.711. The molecule has 4 rings (SSSR count). The van der Waals surface area contributed by atoms with Crippen LogP contribution in [0.5, 0.6) is 11.5 Å². The Balaban J connectivity index is 1.61. The van der Waals surface area contributed by atoms with E-state index >= 15 is 0 Å². The van der Waals surface area contributed by atoms with Crippen molar-refractivity contribution < 1.29 is 14.9 Å². The number of nitrogens with zero attached hydrogens (tertiary/aromatic N) is 3. The SMILES string of the molecule is CCc1cc(-c2nccn2-c2ccc(CN3CCOCC3)cc2)c(O)cc1O. The highest BCUT2D eigenvalue weighted by molar-refractivity contribution is 5.69. The van der Waals surface area contributed by atoms with Gasteiger partial charge in [0, 0.05) is 43.8 Å². The smallest absolute Gasteiger partial charge is 0.148 e. The number of hydrogen-bond donors (Lipinski definition) is 2. The summed E-state index contributed by atoms with van der Waals surface area (Å²) >= 11 is 0. The van der Waals surface area contributed by atoms with Crippen LogP contribution in [0.15, 0.2) is 48.8 Å². The second kappa shape index (κ2) is 8.04. The van der Waals surface area contributed by atoms with Gasteiger partial charge in [-0.25, -0.2) is 4.98 Å². The van der Waals surface area contributed by atoms with Crippen molar-refractivity contribution >= 4 is 0 Å². The van der Waals surface area contributed by atoms with E-state index in [1.165, 1.54) is 11.6 Å². The number of morpholine rings is 1. The zero-order valence-electron chi connectivity index (χ0n) is 16.0. The van der Waals surface area contributed by atoms with Gasteiger partial charge >= 0.3 is 0 Å². The van der Waals surface area contributed by atoms with E-state index in [1.807, 2.05) is 17.7 Å². The van der Waals surface area contributed by atoms with Gasteiger partial charge in [-0.2, -0.15) is 0 Å². The molecule has 1 aliphatic heterocycles. The molecule has 0 bridgehead atoms. The molecule has 6 heteroatoms. The number of rotatable bonds is 5. The second-order valence-electron chi connectivity index (χ2n) is 7.03. The molecule has 0 radical (unpaired) electrons. The van der Waals surface area contributed by atoms with Gasteiger partial charge in [-0.15, -0.1) is 0 Å². The molecule has 2 N–H and O–H groups in total. The van der Waals surface area contributed by atoms with Crippen LogP contribution >= 0.6 is 0 Å². The Kier molecular flexibility index (Phi) is 5.32. The average Bonchev–Trinajstić information content (AvgIpc) is 3.19. The molecule has 2 aromatic carbocycles. The first-order valence-electron chi connectivity index (χ1n) is 9.63. The van der Waals surface area contributed by atoms with Gasteiger partial charge < -0.3 is 14.9 Å². The molecule has 0 atom stereocenters. The molecular weight excluding hydrogens is 354 g/mol. The maximum Gasteiger partial charge on any atom is 0.148 e. The summed E-state index contributed by atoms with van der Waals surface area (Å²) in [6.45, 7) is 6.41. The Bertz CT molecular complexity index is 944. The van der Waals surface area contributed by atoms with Crippen LogP contribution in [-0.2, 0) is 17.7 Å². The molecule has 28 heavy (non-hydrogen) atoms. The number of hydrogen-bond acceptors (Lipinski definition) is 5. The Hall–Kier alpha value is -2.83. The van der Waals surface area contributed by atoms with Crippen LogP contribution in [0, 0.1) is 0 Å². The lowest BCUT2D eigenvalue weighted by atomic mass is 10.1. The fraction of sp³-hybridized carbons (Fsp3) is 0.318. The number of phenols is 2. The highest BCUT2D eigenvalue weighted by atomic mass is 16.5. The van der Waals surface area contributed by atoms with E-state index in [2.05, 4.69) is 34.1 Å². The minimum absolute atomic E-state index is 0.0195. The van der Waals surface area contributed by atoms with Crippen LogP contribution < -0.4 is 0 Å². The molecule has 2 heterocycles. The highest BCUT2D eigenvalue weighted by Gasteiger charge is 2.15. The van der Waals surface area contributed by atoms with E-state index in [4.69, 9.17) is 4.74 Å². The zero-order valence-corrected chi connectivity index (χ0v) is 16.0. The maximum absolute atomic E-state index is 10.4. The van der Waals surface area contributed by atoms with Crippen molar-refractivity contribution in [2.24, 2.45) is 0 Å². The lowest BCUT2D eigenvalue weighted by Gasteiger charge is -2.26. The Morgan fingerprint density at radius 1 is 1.04 bits per heavy atom. The predicted molar refractivity (Wildman–Crippen MR) is 108 cm³/mol. The van der Waals surface area contributed by atoms with Gasteiger partial charge in [0.15, 0.2) is 0 Å². The van der Waals surface area contributed by atoms with E-state index in [0.717, 1.165) is 44.1 Å². The number of imidazole rings is 1. The molecule has 146 valence electrons. The molecule has 0 unspecified atom stereocenters. The molecule has 3 aromatic rings. The fourth-order valence-corrected chi connectivity index (χ4v) is 3.57. The first kappa shape index (κ1) is 18.5. The van der Waals surface area contributed by atoms with Crippen molar-refractivity contribution in [2.45, 2.75) is 19.9 Å². The van der Waals surface area contributed by atoms with Crippen LogP contribution in [0.2, 0.25) is 0 Å². The first-order valence-corrected chi connectivity index (χ1v) is 9.63. The van der Waals surface area contributed by atoms with E-state index in [0.29, 0.717) is 17.8 Å². The molecule has 1 aromatic heterocycles. The van der Waals surface area contributed by atoms with Crippen LogP contribution in [0.3, 0.4) is 0 Å². The van der Waals surface area contributed by atoms with Crippen LogP contribution in [0.1, 0.15) is 18.1 Å². The number of benzene rings is 2. The van der Waals surface area contributed by atoms with Crippen molar-refractivity contribution in [3.05, 3.63) is 59.9 Å². The standard InChI is InChI=1S/C22H25N3O3/c1-2-17-13-19(21(27)14-20(17)26)22-23-7-8-25(22)18-5-3-16(4-6-18)15-24-9-11-28-12-10-24/h3-8,13-14,26-27H,2,9-12,15H2,1H3. The second-order valence-corrected chi connectivity index (χ2v) is 7.03. The number of phenolic OH excluding ortho intramolecular Hbond substituents is 2. The molecule has 0 spiro atoms. The van der Waals surface area contributed by atoms with Gasteiger partial charge in [0.1, 0.15) is 17.3 Å². The fourth-order valence-electron chi connectivity index (χ4n) is 3.57. The van der Waals surface area contributed by atoms with Gasteiger partial charge in [-0.1, -0.05) is 19.1 Å². The lowest BCUT2D eigenvalue weighted by molar-refractivity contribution is 0.0342. The molecule has 0 aliphatic carbocycles. The van der Waals surface area contributed by atoms with Crippen LogP contribution in [-0.4, -0.2) is 51.0 Å². The molecule has 1 aliphatic rings. The van der Waals surface area contributed by atoms with Crippen molar-refractivity contribution in [2.75, 3.05) is 26.3 Å². The summed E-state index contributed by atoms with van der Waals surface area (Å²) in [5, 5.41) is 20.3.